The smallest absolute Gasteiger partial charge is 0.337 e. The van der Waals surface area contributed by atoms with Gasteiger partial charge in [0.05, 0.1) is 25.3 Å². The molecule has 0 saturated heterocycles. The number of guanidine groups is 1. The summed E-state index contributed by atoms with van der Waals surface area (Å²) in [5, 5.41) is 3.37. The van der Waals surface area contributed by atoms with E-state index in [1.165, 1.54) is 19.2 Å². The molecule has 0 spiro atoms. The lowest BCUT2D eigenvalue weighted by Gasteiger charge is -2.38. The molecule has 0 unspecified atom stereocenters. The first-order valence-electron chi connectivity index (χ1n) is 10.1. The van der Waals surface area contributed by atoms with Crippen molar-refractivity contribution in [3.63, 3.8) is 0 Å². The summed E-state index contributed by atoms with van der Waals surface area (Å²) in [5.74, 6) is 0.225. The number of hydrogen-bond donors (Lipinski definition) is 1. The molecule has 0 bridgehead atoms. The second-order valence-electron chi connectivity index (χ2n) is 7.75. The highest BCUT2D eigenvalue weighted by molar-refractivity contribution is 5.96. The van der Waals surface area contributed by atoms with Crippen LogP contribution < -0.4 is 5.32 Å². The monoisotopic (exact) mass is 409 g/mol. The Hall–Kier alpha value is -3.15. The van der Waals surface area contributed by atoms with Crippen molar-refractivity contribution in [3.8, 4) is 0 Å². The Morgan fingerprint density at radius 2 is 1.93 bits per heavy atom. The number of halogens is 1. The van der Waals surface area contributed by atoms with Crippen LogP contribution in [-0.4, -0.2) is 30.5 Å². The maximum atomic E-state index is 13.9. The summed E-state index contributed by atoms with van der Waals surface area (Å²) in [6.45, 7) is 7.26. The number of hydrogen-bond acceptors (Lipinski definition) is 3. The zero-order valence-electron chi connectivity index (χ0n) is 17.9. The van der Waals surface area contributed by atoms with E-state index in [2.05, 4.69) is 19.2 Å². The average molecular weight is 410 g/mol. The molecule has 0 aromatic heterocycles. The SMILES string of the molecule is COC(=O)C1=C(C)N(Cc2ccccc2)C(=NCC(C)C)N[C@H]1c1cccc(F)c1. The summed E-state index contributed by atoms with van der Waals surface area (Å²) in [6, 6.07) is 15.7. The van der Waals surface area contributed by atoms with Crippen molar-refractivity contribution in [2.24, 2.45) is 10.9 Å². The minimum Gasteiger partial charge on any atom is -0.466 e. The Labute approximate surface area is 177 Å². The molecule has 0 amide bonds. The molecule has 2 aromatic rings. The number of methoxy groups -OCH3 is 1. The standard InChI is InChI=1S/C24H28FN3O2/c1-16(2)14-26-24-27-22(19-11-8-12-20(25)13-19)21(23(29)30-4)17(3)28(24)15-18-9-6-5-7-10-18/h5-13,16,22H,14-15H2,1-4H3,(H,26,27)/t22-/m0/s1. The molecule has 1 heterocycles. The van der Waals surface area contributed by atoms with Gasteiger partial charge in [0.25, 0.3) is 0 Å². The predicted molar refractivity (Wildman–Crippen MR) is 116 cm³/mol. The van der Waals surface area contributed by atoms with Gasteiger partial charge in [0.15, 0.2) is 5.96 Å². The zero-order valence-corrected chi connectivity index (χ0v) is 17.9. The summed E-state index contributed by atoms with van der Waals surface area (Å²) >= 11 is 0. The van der Waals surface area contributed by atoms with Crippen LogP contribution in [0.5, 0.6) is 0 Å². The van der Waals surface area contributed by atoms with E-state index >= 15 is 0 Å². The third-order valence-electron chi connectivity index (χ3n) is 4.99. The van der Waals surface area contributed by atoms with E-state index in [1.54, 1.807) is 12.1 Å². The van der Waals surface area contributed by atoms with E-state index in [9.17, 15) is 9.18 Å². The van der Waals surface area contributed by atoms with E-state index < -0.39 is 12.0 Å². The van der Waals surface area contributed by atoms with Crippen LogP contribution in [0.1, 0.15) is 37.9 Å². The van der Waals surface area contributed by atoms with Gasteiger partial charge in [-0.3, -0.25) is 4.99 Å². The van der Waals surface area contributed by atoms with Crippen molar-refractivity contribution in [2.75, 3.05) is 13.7 Å². The molecule has 1 aliphatic heterocycles. The molecule has 0 aliphatic carbocycles. The first-order valence-corrected chi connectivity index (χ1v) is 10.1. The van der Waals surface area contributed by atoms with Crippen molar-refractivity contribution >= 4 is 11.9 Å². The van der Waals surface area contributed by atoms with Crippen molar-refractivity contribution in [3.05, 3.63) is 82.8 Å². The number of nitrogens with zero attached hydrogens (tertiary/aromatic N) is 2. The van der Waals surface area contributed by atoms with Crippen molar-refractivity contribution in [2.45, 2.75) is 33.4 Å². The van der Waals surface area contributed by atoms with E-state index in [0.29, 0.717) is 36.1 Å². The van der Waals surface area contributed by atoms with Crippen molar-refractivity contribution < 1.29 is 13.9 Å². The number of aliphatic imine (C=N–C) groups is 1. The number of carbonyl (C=O) groups excluding carboxylic acids is 1. The van der Waals surface area contributed by atoms with Gasteiger partial charge in [0.2, 0.25) is 0 Å². The third-order valence-corrected chi connectivity index (χ3v) is 4.99. The van der Waals surface area contributed by atoms with E-state index in [1.807, 2.05) is 42.2 Å². The van der Waals surface area contributed by atoms with Gasteiger partial charge in [-0.25, -0.2) is 9.18 Å². The van der Waals surface area contributed by atoms with Crippen LogP contribution in [0.4, 0.5) is 4.39 Å². The normalized spacial score (nSPS) is 18.0. The summed E-state index contributed by atoms with van der Waals surface area (Å²) in [7, 11) is 1.36. The van der Waals surface area contributed by atoms with Crippen LogP contribution in [0, 0.1) is 11.7 Å². The number of carbonyl (C=O) groups is 1. The van der Waals surface area contributed by atoms with Crippen LogP contribution in [-0.2, 0) is 16.1 Å². The Morgan fingerprint density at radius 3 is 2.57 bits per heavy atom. The largest absolute Gasteiger partial charge is 0.466 e. The fourth-order valence-electron chi connectivity index (χ4n) is 3.46. The number of esters is 1. The quantitative estimate of drug-likeness (QED) is 0.717. The molecule has 0 fully saturated rings. The van der Waals surface area contributed by atoms with Gasteiger partial charge in [0.1, 0.15) is 5.82 Å². The molecule has 1 atom stereocenters. The van der Waals surface area contributed by atoms with Gasteiger partial charge < -0.3 is 15.0 Å². The lowest BCUT2D eigenvalue weighted by atomic mass is 9.94. The third kappa shape index (κ3) is 4.87. The second kappa shape index (κ2) is 9.57. The Balaban J connectivity index is 2.11. The number of ether oxygens (including phenoxy) is 1. The zero-order chi connectivity index (χ0) is 21.7. The molecule has 5 nitrogen and oxygen atoms in total. The first-order chi connectivity index (χ1) is 14.4. The van der Waals surface area contributed by atoms with Gasteiger partial charge in [-0.2, -0.15) is 0 Å². The summed E-state index contributed by atoms with van der Waals surface area (Å²) < 4.78 is 19.0. The minimum absolute atomic E-state index is 0.358. The molecule has 3 rings (SSSR count). The molecule has 1 N–H and O–H groups in total. The Morgan fingerprint density at radius 1 is 1.20 bits per heavy atom. The number of nitrogens with one attached hydrogen (secondary N) is 1. The Kier molecular flexibility index (Phi) is 6.87. The maximum Gasteiger partial charge on any atom is 0.337 e. The average Bonchev–Trinajstić information content (AvgIpc) is 2.74. The molecule has 158 valence electrons. The molecule has 2 aromatic carbocycles. The number of allylic oxidation sites excluding steroid dienone is 1. The fraction of sp³-hybridized carbons (Fsp3) is 0.333. The Bertz CT molecular complexity index is 954. The van der Waals surface area contributed by atoms with Crippen LogP contribution in [0.15, 0.2) is 70.9 Å². The molecule has 1 aliphatic rings. The topological polar surface area (TPSA) is 53.9 Å². The van der Waals surface area contributed by atoms with Crippen LogP contribution >= 0.6 is 0 Å². The first kappa shape index (κ1) is 21.6. The van der Waals surface area contributed by atoms with Gasteiger partial charge in [-0.1, -0.05) is 56.3 Å². The van der Waals surface area contributed by atoms with Crippen LogP contribution in [0.25, 0.3) is 0 Å². The van der Waals surface area contributed by atoms with Gasteiger partial charge in [-0.15, -0.1) is 0 Å². The van der Waals surface area contributed by atoms with Crippen LogP contribution in [0.2, 0.25) is 0 Å². The summed E-state index contributed by atoms with van der Waals surface area (Å²) in [6.07, 6.45) is 0. The molecular weight excluding hydrogens is 381 g/mol. The maximum absolute atomic E-state index is 13.9. The summed E-state index contributed by atoms with van der Waals surface area (Å²) in [4.78, 5) is 19.5. The highest BCUT2D eigenvalue weighted by atomic mass is 19.1. The highest BCUT2D eigenvalue weighted by Crippen LogP contribution is 2.32. The van der Waals surface area contributed by atoms with E-state index in [0.717, 1.165) is 11.3 Å². The van der Waals surface area contributed by atoms with E-state index in [4.69, 9.17) is 9.73 Å². The number of rotatable bonds is 6. The van der Waals surface area contributed by atoms with Gasteiger partial charge >= 0.3 is 5.97 Å². The molecule has 30 heavy (non-hydrogen) atoms. The molecule has 6 heteroatoms. The summed E-state index contributed by atoms with van der Waals surface area (Å²) in [5.41, 5.74) is 2.92. The fourth-order valence-corrected chi connectivity index (χ4v) is 3.46. The van der Waals surface area contributed by atoms with E-state index in [-0.39, 0.29) is 5.82 Å². The molecular formula is C24H28FN3O2. The predicted octanol–water partition coefficient (Wildman–Crippen LogP) is 4.43. The minimum atomic E-state index is -0.550. The van der Waals surface area contributed by atoms with Crippen molar-refractivity contribution in [1.82, 2.24) is 10.2 Å². The lowest BCUT2D eigenvalue weighted by Crippen LogP contribution is -2.49. The van der Waals surface area contributed by atoms with Gasteiger partial charge in [0, 0.05) is 12.2 Å². The second-order valence-corrected chi connectivity index (χ2v) is 7.75. The van der Waals surface area contributed by atoms with Crippen LogP contribution in [0.3, 0.4) is 0 Å². The number of benzene rings is 2. The highest BCUT2D eigenvalue weighted by Gasteiger charge is 2.35. The lowest BCUT2D eigenvalue weighted by molar-refractivity contribution is -0.136. The molecule has 0 saturated carbocycles. The van der Waals surface area contributed by atoms with Gasteiger partial charge in [-0.05, 0) is 36.1 Å². The molecule has 0 radical (unpaired) electrons. The van der Waals surface area contributed by atoms with Crippen molar-refractivity contribution in [1.29, 1.82) is 0 Å².